The van der Waals surface area contributed by atoms with Crippen molar-refractivity contribution in [3.8, 4) is 5.69 Å². The van der Waals surface area contributed by atoms with Crippen LogP contribution in [0, 0.1) is 5.92 Å². The fourth-order valence-electron chi connectivity index (χ4n) is 4.02. The minimum atomic E-state index is 0. The Morgan fingerprint density at radius 2 is 1.80 bits per heavy atom. The number of benzene rings is 1. The highest BCUT2D eigenvalue weighted by atomic mass is 35.5. The summed E-state index contributed by atoms with van der Waals surface area (Å²) < 4.78 is 1.84. The van der Waals surface area contributed by atoms with Gasteiger partial charge in [-0.3, -0.25) is 4.79 Å². The number of nitrogens with one attached hydrogen (secondary N) is 1. The summed E-state index contributed by atoms with van der Waals surface area (Å²) in [5, 5.41) is 11.9. The first-order chi connectivity index (χ1) is 13.8. The third-order valence-corrected chi connectivity index (χ3v) is 5.83. The first kappa shape index (κ1) is 24.4. The molecule has 0 spiro atoms. The van der Waals surface area contributed by atoms with Gasteiger partial charge in [0.05, 0.1) is 11.4 Å². The zero-order valence-corrected chi connectivity index (χ0v) is 19.8. The number of carbonyl (C=O) groups excluding carboxylic acids is 1. The Hall–Kier alpha value is -1.92. The molecule has 1 amide bonds. The second kappa shape index (κ2) is 10.4. The molecule has 0 bridgehead atoms. The molecule has 3 rings (SSSR count). The molecule has 2 heterocycles. The van der Waals surface area contributed by atoms with Crippen LogP contribution in [0.5, 0.6) is 0 Å². The van der Waals surface area contributed by atoms with Crippen molar-refractivity contribution >= 4 is 18.3 Å². The molecule has 0 radical (unpaired) electrons. The topological polar surface area (TPSA) is 63.1 Å². The molecule has 0 atom stereocenters. The standard InChI is InChI=1S/C23H35N5O.ClH/c1-6-7-20-21(22(29)27-14-12-17(13-15-27)16-24-5)25-26-28(20)19-10-8-18(9-11-19)23(2,3)4;/h8-11,17,24H,6-7,12-16H2,1-5H3;1H. The van der Waals surface area contributed by atoms with Crippen LogP contribution in [0.4, 0.5) is 0 Å². The van der Waals surface area contributed by atoms with E-state index in [0.717, 1.165) is 56.7 Å². The second-order valence-electron chi connectivity index (χ2n) is 9.14. The van der Waals surface area contributed by atoms with E-state index in [0.29, 0.717) is 11.6 Å². The summed E-state index contributed by atoms with van der Waals surface area (Å²) in [6.45, 7) is 11.3. The first-order valence-corrected chi connectivity index (χ1v) is 10.8. The molecule has 1 aromatic heterocycles. The van der Waals surface area contributed by atoms with Crippen molar-refractivity contribution < 1.29 is 4.79 Å². The Kier molecular flexibility index (Phi) is 8.44. The van der Waals surface area contributed by atoms with Crippen LogP contribution in [0.25, 0.3) is 5.69 Å². The minimum absolute atomic E-state index is 0. The quantitative estimate of drug-likeness (QED) is 0.747. The molecule has 0 saturated carbocycles. The van der Waals surface area contributed by atoms with E-state index in [1.165, 1.54) is 5.56 Å². The van der Waals surface area contributed by atoms with Crippen molar-refractivity contribution in [1.29, 1.82) is 0 Å². The molecule has 1 aliphatic heterocycles. The van der Waals surface area contributed by atoms with Crippen LogP contribution in [-0.4, -0.2) is 52.5 Å². The number of amides is 1. The lowest BCUT2D eigenvalue weighted by Gasteiger charge is -2.31. The van der Waals surface area contributed by atoms with E-state index in [9.17, 15) is 4.79 Å². The Morgan fingerprint density at radius 3 is 2.33 bits per heavy atom. The van der Waals surface area contributed by atoms with Crippen molar-refractivity contribution in [2.45, 2.75) is 58.8 Å². The molecule has 1 aliphatic rings. The molecule has 6 nitrogen and oxygen atoms in total. The van der Waals surface area contributed by atoms with Gasteiger partial charge in [0.25, 0.3) is 5.91 Å². The van der Waals surface area contributed by atoms with Crippen molar-refractivity contribution in [3.05, 3.63) is 41.2 Å². The van der Waals surface area contributed by atoms with Crippen LogP contribution < -0.4 is 5.32 Å². The summed E-state index contributed by atoms with van der Waals surface area (Å²) in [4.78, 5) is 15.1. The number of nitrogens with zero attached hydrogens (tertiary/aromatic N) is 4. The fourth-order valence-corrected chi connectivity index (χ4v) is 4.02. The average molecular weight is 434 g/mol. The number of likely N-dealkylation sites (tertiary alicyclic amines) is 1. The summed E-state index contributed by atoms with van der Waals surface area (Å²) in [6, 6.07) is 8.43. The summed E-state index contributed by atoms with van der Waals surface area (Å²) in [5.41, 5.74) is 3.77. The normalized spacial score (nSPS) is 15.2. The zero-order chi connectivity index (χ0) is 21.0. The van der Waals surface area contributed by atoms with Crippen molar-refractivity contribution in [2.24, 2.45) is 5.92 Å². The summed E-state index contributed by atoms with van der Waals surface area (Å²) in [6.07, 6.45) is 3.81. The molecular formula is C23H36ClN5O. The smallest absolute Gasteiger partial charge is 0.276 e. The number of hydrogen-bond donors (Lipinski definition) is 1. The number of rotatable bonds is 6. The fraction of sp³-hybridized carbons (Fsp3) is 0.609. The third kappa shape index (κ3) is 5.41. The van der Waals surface area contributed by atoms with Crippen LogP contribution in [0.1, 0.15) is 68.7 Å². The Morgan fingerprint density at radius 1 is 1.17 bits per heavy atom. The SMILES string of the molecule is CCCc1c(C(=O)N2CCC(CNC)CC2)nnn1-c1ccc(C(C)(C)C)cc1.Cl. The van der Waals surface area contributed by atoms with E-state index >= 15 is 0 Å². The highest BCUT2D eigenvalue weighted by Crippen LogP contribution is 2.25. The monoisotopic (exact) mass is 433 g/mol. The minimum Gasteiger partial charge on any atom is -0.337 e. The number of hydrogen-bond acceptors (Lipinski definition) is 4. The number of carbonyl (C=O) groups is 1. The van der Waals surface area contributed by atoms with Gasteiger partial charge in [0.15, 0.2) is 5.69 Å². The van der Waals surface area contributed by atoms with Crippen LogP contribution in [0.3, 0.4) is 0 Å². The van der Waals surface area contributed by atoms with E-state index in [4.69, 9.17) is 0 Å². The van der Waals surface area contributed by atoms with Crippen LogP contribution in [0.15, 0.2) is 24.3 Å². The van der Waals surface area contributed by atoms with Gasteiger partial charge in [-0.15, -0.1) is 17.5 Å². The molecule has 1 aromatic carbocycles. The molecule has 30 heavy (non-hydrogen) atoms. The van der Waals surface area contributed by atoms with E-state index in [1.54, 1.807) is 0 Å². The van der Waals surface area contributed by atoms with Gasteiger partial charge in [0.2, 0.25) is 0 Å². The van der Waals surface area contributed by atoms with Gasteiger partial charge in [-0.05, 0) is 61.9 Å². The summed E-state index contributed by atoms with van der Waals surface area (Å²) in [7, 11) is 1.99. The lowest BCUT2D eigenvalue weighted by Crippen LogP contribution is -2.41. The molecule has 166 valence electrons. The van der Waals surface area contributed by atoms with Gasteiger partial charge >= 0.3 is 0 Å². The Labute approximate surface area is 186 Å². The van der Waals surface area contributed by atoms with Gasteiger partial charge in [0, 0.05) is 13.1 Å². The van der Waals surface area contributed by atoms with Crippen molar-refractivity contribution in [1.82, 2.24) is 25.2 Å². The lowest BCUT2D eigenvalue weighted by atomic mass is 9.87. The molecule has 0 aliphatic carbocycles. The van der Waals surface area contributed by atoms with E-state index in [1.807, 2.05) is 16.6 Å². The summed E-state index contributed by atoms with van der Waals surface area (Å²) in [5.74, 6) is 0.671. The van der Waals surface area contributed by atoms with Crippen molar-refractivity contribution in [2.75, 3.05) is 26.7 Å². The van der Waals surface area contributed by atoms with E-state index in [-0.39, 0.29) is 23.7 Å². The van der Waals surface area contributed by atoms with Crippen LogP contribution >= 0.6 is 12.4 Å². The van der Waals surface area contributed by atoms with Crippen LogP contribution in [0.2, 0.25) is 0 Å². The molecule has 2 aromatic rings. The maximum atomic E-state index is 13.2. The lowest BCUT2D eigenvalue weighted by molar-refractivity contribution is 0.0683. The largest absolute Gasteiger partial charge is 0.337 e. The second-order valence-corrected chi connectivity index (χ2v) is 9.14. The predicted octanol–water partition coefficient (Wildman–Crippen LogP) is 4.01. The van der Waals surface area contributed by atoms with Gasteiger partial charge in [-0.1, -0.05) is 51.5 Å². The number of piperidine rings is 1. The molecule has 0 unspecified atom stereocenters. The molecular weight excluding hydrogens is 398 g/mol. The highest BCUT2D eigenvalue weighted by Gasteiger charge is 2.28. The average Bonchev–Trinajstić information content (AvgIpc) is 3.12. The maximum absolute atomic E-state index is 13.2. The molecule has 1 N–H and O–H groups in total. The molecule has 7 heteroatoms. The van der Waals surface area contributed by atoms with Crippen molar-refractivity contribution in [3.63, 3.8) is 0 Å². The van der Waals surface area contributed by atoms with Gasteiger partial charge in [0.1, 0.15) is 0 Å². The Bertz CT molecular complexity index is 817. The number of halogens is 1. The molecule has 1 saturated heterocycles. The van der Waals surface area contributed by atoms with Gasteiger partial charge in [-0.2, -0.15) is 0 Å². The number of aromatic nitrogens is 3. The Balaban J connectivity index is 0.00000320. The summed E-state index contributed by atoms with van der Waals surface area (Å²) >= 11 is 0. The van der Waals surface area contributed by atoms with Gasteiger partial charge < -0.3 is 10.2 Å². The van der Waals surface area contributed by atoms with E-state index in [2.05, 4.69) is 67.6 Å². The molecule has 1 fully saturated rings. The first-order valence-electron chi connectivity index (χ1n) is 10.8. The maximum Gasteiger partial charge on any atom is 0.276 e. The third-order valence-electron chi connectivity index (χ3n) is 5.83. The highest BCUT2D eigenvalue weighted by molar-refractivity contribution is 5.93. The zero-order valence-electron chi connectivity index (χ0n) is 18.9. The van der Waals surface area contributed by atoms with Crippen LogP contribution in [-0.2, 0) is 11.8 Å². The van der Waals surface area contributed by atoms with Gasteiger partial charge in [-0.25, -0.2) is 4.68 Å². The van der Waals surface area contributed by atoms with E-state index < -0.39 is 0 Å². The predicted molar refractivity (Wildman–Crippen MR) is 124 cm³/mol.